The predicted molar refractivity (Wildman–Crippen MR) is 236 cm³/mol. The first-order valence-corrected chi connectivity index (χ1v) is 24.2. The van der Waals surface area contributed by atoms with Gasteiger partial charge in [0, 0.05) is 30.3 Å². The molecule has 0 radical (unpaired) electrons. The first-order valence-electron chi connectivity index (χ1n) is 20.9. The SMILES string of the molecule is C=C(C)C(=C)C(=O)C[C@@H]1O[C@H](C[C@H](C)CC)[C@H](C)[C@H]1CS(=O)(=O)c1ccccc1.C=C(C)C(=C)[C@H](O)C[C@@H]1O[C@H](C[C@H](C)CC)[C@H](C)[C@H]1CS(=O)(=O)c1ccccc1. The predicted octanol–water partition coefficient (Wildman–Crippen LogP) is 9.81. The van der Waals surface area contributed by atoms with Gasteiger partial charge in [-0.25, -0.2) is 16.8 Å². The van der Waals surface area contributed by atoms with Crippen LogP contribution < -0.4 is 0 Å². The van der Waals surface area contributed by atoms with Crippen LogP contribution in [0, 0.1) is 35.5 Å². The van der Waals surface area contributed by atoms with E-state index in [1.54, 1.807) is 61.5 Å². The summed E-state index contributed by atoms with van der Waals surface area (Å²) < 4.78 is 64.8. The first kappa shape index (κ1) is 49.2. The van der Waals surface area contributed by atoms with Crippen LogP contribution in [0.25, 0.3) is 0 Å². The zero-order valence-electron chi connectivity index (χ0n) is 36.2. The maximum Gasteiger partial charge on any atom is 0.178 e. The van der Waals surface area contributed by atoms with Crippen molar-refractivity contribution in [1.29, 1.82) is 0 Å². The third-order valence-electron chi connectivity index (χ3n) is 12.5. The van der Waals surface area contributed by atoms with Crippen molar-refractivity contribution < 1.29 is 36.2 Å². The molecule has 0 spiro atoms. The molecule has 10 heteroatoms. The number of rotatable bonds is 20. The lowest BCUT2D eigenvalue weighted by molar-refractivity contribution is -0.118. The minimum absolute atomic E-state index is 0.00350. The second-order valence-electron chi connectivity index (χ2n) is 17.1. The Kier molecular flexibility index (Phi) is 18.6. The standard InChI is InChI=1S/C24H36O4S.C24H34O4S/c2*1-7-17(4)13-23-19(6)21(15-29(26,27)20-11-9-8-10-12-20)24(28-23)14-22(25)18(5)16(2)3/h8-12,17,19,21-25H,2,5,7,13-15H2,1,3-4,6H3;8-12,17,19,21,23-24H,2,5,7,13-15H2,1,3-4,6H3/t17-,19-,21-,22-,23-,24+;17-,19-,21-,23-,24+/m11/s1. The molecule has 0 aromatic heterocycles. The Morgan fingerprint density at radius 1 is 0.655 bits per heavy atom. The van der Waals surface area contributed by atoms with Crippen LogP contribution in [0.4, 0.5) is 0 Å². The van der Waals surface area contributed by atoms with Crippen LogP contribution >= 0.6 is 0 Å². The van der Waals surface area contributed by atoms with Gasteiger partial charge in [0.2, 0.25) is 0 Å². The highest BCUT2D eigenvalue weighted by Crippen LogP contribution is 2.41. The van der Waals surface area contributed by atoms with Gasteiger partial charge < -0.3 is 14.6 Å². The number of carbonyl (C=O) groups excluding carboxylic acids is 1. The number of aliphatic hydroxyl groups is 1. The van der Waals surface area contributed by atoms with Crippen LogP contribution in [0.2, 0.25) is 0 Å². The van der Waals surface area contributed by atoms with Crippen LogP contribution in [0.15, 0.2) is 119 Å². The molecule has 2 aliphatic rings. The van der Waals surface area contributed by atoms with Gasteiger partial charge in [-0.2, -0.15) is 0 Å². The lowest BCUT2D eigenvalue weighted by Crippen LogP contribution is -2.31. The quantitative estimate of drug-likeness (QED) is 0.103. The zero-order chi connectivity index (χ0) is 43.5. The Labute approximate surface area is 350 Å². The molecule has 2 saturated heterocycles. The zero-order valence-corrected chi connectivity index (χ0v) is 37.9. The van der Waals surface area contributed by atoms with Crippen LogP contribution in [0.3, 0.4) is 0 Å². The second-order valence-corrected chi connectivity index (χ2v) is 21.2. The minimum Gasteiger partial charge on any atom is -0.388 e. The summed E-state index contributed by atoms with van der Waals surface area (Å²) in [6, 6.07) is 17.1. The van der Waals surface area contributed by atoms with Crippen molar-refractivity contribution in [1.82, 2.24) is 0 Å². The van der Waals surface area contributed by atoms with Gasteiger partial charge in [0.1, 0.15) is 0 Å². The number of hydrogen-bond acceptors (Lipinski definition) is 8. The van der Waals surface area contributed by atoms with E-state index in [1.807, 2.05) is 13.0 Å². The molecule has 11 atom stereocenters. The number of hydrogen-bond donors (Lipinski definition) is 1. The molecule has 4 rings (SSSR count). The lowest BCUT2D eigenvalue weighted by atomic mass is 9.84. The van der Waals surface area contributed by atoms with Gasteiger partial charge in [-0.05, 0) is 85.8 Å². The topological polar surface area (TPSA) is 124 Å². The van der Waals surface area contributed by atoms with Crippen molar-refractivity contribution >= 4 is 25.5 Å². The minimum atomic E-state index is -3.47. The highest BCUT2D eigenvalue weighted by atomic mass is 32.2. The Morgan fingerprint density at radius 2 is 1.05 bits per heavy atom. The summed E-state index contributed by atoms with van der Waals surface area (Å²) in [6.07, 6.45) is 2.74. The van der Waals surface area contributed by atoms with E-state index < -0.39 is 31.9 Å². The second kappa shape index (κ2) is 21.9. The molecular formula is C48H70O8S2. The Hall–Kier alpha value is -3.15. The van der Waals surface area contributed by atoms with E-state index in [2.05, 4.69) is 67.9 Å². The molecule has 8 nitrogen and oxygen atoms in total. The van der Waals surface area contributed by atoms with Gasteiger partial charge in [-0.1, -0.05) is 123 Å². The molecule has 1 N–H and O–H groups in total. The van der Waals surface area contributed by atoms with Crippen molar-refractivity contribution in [2.75, 3.05) is 11.5 Å². The fraction of sp³-hybridized carbons (Fsp3) is 0.562. The molecule has 0 amide bonds. The smallest absolute Gasteiger partial charge is 0.178 e. The number of benzene rings is 2. The van der Waals surface area contributed by atoms with Gasteiger partial charge >= 0.3 is 0 Å². The highest BCUT2D eigenvalue weighted by Gasteiger charge is 2.46. The number of aliphatic hydroxyl groups excluding tert-OH is 1. The van der Waals surface area contributed by atoms with E-state index in [-0.39, 0.29) is 65.7 Å². The summed E-state index contributed by atoms with van der Waals surface area (Å²) in [4.78, 5) is 13.3. The molecule has 2 fully saturated rings. The summed E-state index contributed by atoms with van der Waals surface area (Å²) >= 11 is 0. The molecule has 322 valence electrons. The first-order chi connectivity index (χ1) is 27.1. The monoisotopic (exact) mass is 838 g/mol. The molecule has 2 aromatic rings. The van der Waals surface area contributed by atoms with Crippen LogP contribution in [-0.2, 0) is 33.9 Å². The molecule has 0 saturated carbocycles. The van der Waals surface area contributed by atoms with Crippen molar-refractivity contribution in [3.63, 3.8) is 0 Å². The summed E-state index contributed by atoms with van der Waals surface area (Å²) in [5.41, 5.74) is 2.33. The van der Waals surface area contributed by atoms with Crippen molar-refractivity contribution in [2.24, 2.45) is 35.5 Å². The van der Waals surface area contributed by atoms with Crippen molar-refractivity contribution in [3.05, 3.63) is 109 Å². The van der Waals surface area contributed by atoms with E-state index in [0.29, 0.717) is 44.8 Å². The summed E-state index contributed by atoms with van der Waals surface area (Å²) in [7, 11) is -6.91. The third-order valence-corrected chi connectivity index (χ3v) is 16.1. The molecule has 0 unspecified atom stereocenters. The van der Waals surface area contributed by atoms with Gasteiger partial charge in [0.25, 0.3) is 0 Å². The summed E-state index contributed by atoms with van der Waals surface area (Å²) in [5.74, 6) is 0.588. The molecule has 0 aliphatic carbocycles. The van der Waals surface area contributed by atoms with Gasteiger partial charge in [-0.15, -0.1) is 0 Å². The number of ether oxygens (including phenoxy) is 2. The van der Waals surface area contributed by atoms with E-state index in [1.165, 1.54) is 0 Å². The Balaban J connectivity index is 0.000000310. The maximum absolute atomic E-state index is 13.0. The fourth-order valence-corrected chi connectivity index (χ4v) is 11.5. The molecule has 0 bridgehead atoms. The van der Waals surface area contributed by atoms with Gasteiger partial charge in [-0.3, -0.25) is 4.79 Å². The highest BCUT2D eigenvalue weighted by molar-refractivity contribution is 7.91. The fourth-order valence-electron chi connectivity index (χ4n) is 7.89. The number of carbonyl (C=O) groups is 1. The molecule has 2 aliphatic heterocycles. The molecular weight excluding hydrogens is 769 g/mol. The van der Waals surface area contributed by atoms with Crippen LogP contribution in [0.1, 0.15) is 93.9 Å². The lowest BCUT2D eigenvalue weighted by Gasteiger charge is -2.24. The molecule has 58 heavy (non-hydrogen) atoms. The average Bonchev–Trinajstić information content (AvgIpc) is 3.62. The van der Waals surface area contributed by atoms with Crippen molar-refractivity contribution in [3.8, 4) is 0 Å². The summed E-state index contributed by atoms with van der Waals surface area (Å²) in [6.45, 7) is 31.7. The molecule has 2 heterocycles. The third kappa shape index (κ3) is 13.4. The number of sulfone groups is 2. The normalized spacial score (nSPS) is 26.2. The van der Waals surface area contributed by atoms with Gasteiger partial charge in [0.15, 0.2) is 25.5 Å². The molecule has 2 aromatic carbocycles. The van der Waals surface area contributed by atoms with Crippen molar-refractivity contribution in [2.45, 2.75) is 134 Å². The Bertz CT molecular complexity index is 1920. The van der Waals surface area contributed by atoms with E-state index in [4.69, 9.17) is 9.47 Å². The number of allylic oxidation sites excluding steroid dienone is 2. The van der Waals surface area contributed by atoms with E-state index in [9.17, 15) is 26.7 Å². The summed E-state index contributed by atoms with van der Waals surface area (Å²) in [5, 5.41) is 10.6. The number of ketones is 1. The van der Waals surface area contributed by atoms with Crippen LogP contribution in [0.5, 0.6) is 0 Å². The number of Topliss-reactive ketones (excluding diaryl/α,β-unsaturated/α-hetero) is 1. The van der Waals surface area contributed by atoms with Crippen LogP contribution in [-0.4, -0.2) is 69.8 Å². The van der Waals surface area contributed by atoms with E-state index in [0.717, 1.165) is 31.3 Å². The maximum atomic E-state index is 13.0. The average molecular weight is 839 g/mol. The Morgan fingerprint density at radius 3 is 1.43 bits per heavy atom. The van der Waals surface area contributed by atoms with Gasteiger partial charge in [0.05, 0.1) is 51.8 Å². The van der Waals surface area contributed by atoms with E-state index >= 15 is 0 Å². The largest absolute Gasteiger partial charge is 0.388 e.